The largest absolute Gasteiger partial charge is 0.396 e. The van der Waals surface area contributed by atoms with E-state index >= 15 is 0 Å². The fraction of sp³-hybridized carbons (Fsp3) is 0.389. The van der Waals surface area contributed by atoms with Crippen molar-refractivity contribution in [2.45, 2.75) is 19.4 Å². The van der Waals surface area contributed by atoms with Crippen LogP contribution < -0.4 is 10.2 Å². The van der Waals surface area contributed by atoms with Crippen molar-refractivity contribution in [1.82, 2.24) is 4.98 Å². The zero-order valence-corrected chi connectivity index (χ0v) is 14.1. The third kappa shape index (κ3) is 3.97. The molecule has 1 aromatic carbocycles. The Kier molecular flexibility index (Phi) is 5.53. The Hall–Kier alpha value is -1.85. The van der Waals surface area contributed by atoms with Gasteiger partial charge in [-0.3, -0.25) is 0 Å². The number of aliphatic hydroxyl groups excluding tert-OH is 1. The van der Waals surface area contributed by atoms with Gasteiger partial charge in [-0.2, -0.15) is 0 Å². The van der Waals surface area contributed by atoms with Gasteiger partial charge in [-0.1, -0.05) is 17.7 Å². The van der Waals surface area contributed by atoms with E-state index in [9.17, 15) is 9.50 Å². The van der Waals surface area contributed by atoms with Crippen molar-refractivity contribution in [3.63, 3.8) is 0 Å². The number of nitrogens with zero attached hydrogens (tertiary/aromatic N) is 2. The molecule has 1 fully saturated rings. The number of hydrogen-bond donors (Lipinski definition) is 2. The van der Waals surface area contributed by atoms with Gasteiger partial charge in [0, 0.05) is 32.4 Å². The minimum absolute atomic E-state index is 0.132. The van der Waals surface area contributed by atoms with Crippen LogP contribution in [0.2, 0.25) is 5.02 Å². The van der Waals surface area contributed by atoms with Crippen molar-refractivity contribution in [3.05, 3.63) is 52.9 Å². The van der Waals surface area contributed by atoms with Crippen LogP contribution in [-0.2, 0) is 6.54 Å². The van der Waals surface area contributed by atoms with Crippen LogP contribution in [0.4, 0.5) is 15.9 Å². The number of aromatic nitrogens is 1. The van der Waals surface area contributed by atoms with Crippen molar-refractivity contribution in [2.24, 2.45) is 5.92 Å². The molecule has 0 radical (unpaired) electrons. The van der Waals surface area contributed by atoms with Crippen molar-refractivity contribution in [1.29, 1.82) is 0 Å². The first-order valence-corrected chi connectivity index (χ1v) is 8.54. The van der Waals surface area contributed by atoms with Gasteiger partial charge in [0.1, 0.15) is 5.82 Å². The molecular formula is C18H21ClFN3O. The highest BCUT2D eigenvalue weighted by Gasteiger charge is 2.21. The van der Waals surface area contributed by atoms with Gasteiger partial charge in [0.2, 0.25) is 0 Å². The zero-order valence-electron chi connectivity index (χ0n) is 13.4. The molecule has 0 saturated carbocycles. The van der Waals surface area contributed by atoms with Crippen LogP contribution in [0.3, 0.4) is 0 Å². The second-order valence-corrected chi connectivity index (χ2v) is 6.50. The number of nitrogens with one attached hydrogen (secondary N) is 1. The molecular weight excluding hydrogens is 329 g/mol. The summed E-state index contributed by atoms with van der Waals surface area (Å²) in [4.78, 5) is 6.74. The van der Waals surface area contributed by atoms with Crippen molar-refractivity contribution < 1.29 is 9.50 Å². The third-order valence-corrected chi connectivity index (χ3v) is 4.73. The second-order valence-electron chi connectivity index (χ2n) is 6.09. The maximum absolute atomic E-state index is 13.5. The molecule has 1 saturated heterocycles. The molecule has 4 nitrogen and oxygen atoms in total. The summed E-state index contributed by atoms with van der Waals surface area (Å²) in [5.41, 5.74) is 1.75. The maximum Gasteiger partial charge on any atom is 0.151 e. The average Bonchev–Trinajstić information content (AvgIpc) is 2.63. The van der Waals surface area contributed by atoms with Gasteiger partial charge in [-0.25, -0.2) is 9.37 Å². The summed E-state index contributed by atoms with van der Waals surface area (Å²) in [7, 11) is 0. The summed E-state index contributed by atoms with van der Waals surface area (Å²) in [6.07, 6.45) is 3.71. The van der Waals surface area contributed by atoms with Crippen LogP contribution in [0.15, 0.2) is 36.5 Å². The van der Waals surface area contributed by atoms with E-state index in [1.165, 1.54) is 6.07 Å². The highest BCUT2D eigenvalue weighted by molar-refractivity contribution is 6.30. The molecule has 0 aliphatic carbocycles. The summed E-state index contributed by atoms with van der Waals surface area (Å²) in [5.74, 6) is 0.884. The fourth-order valence-electron chi connectivity index (χ4n) is 2.96. The number of pyridine rings is 1. The predicted octanol–water partition coefficient (Wildman–Crippen LogP) is 3.69. The van der Waals surface area contributed by atoms with E-state index in [1.54, 1.807) is 18.3 Å². The van der Waals surface area contributed by atoms with Crippen molar-refractivity contribution >= 4 is 23.1 Å². The Bertz CT molecular complexity index is 690. The highest BCUT2D eigenvalue weighted by Crippen LogP contribution is 2.28. The van der Waals surface area contributed by atoms with Gasteiger partial charge in [0.25, 0.3) is 0 Å². The Balaban J connectivity index is 1.69. The van der Waals surface area contributed by atoms with Crippen LogP contribution in [0.25, 0.3) is 0 Å². The van der Waals surface area contributed by atoms with Gasteiger partial charge < -0.3 is 15.3 Å². The lowest BCUT2D eigenvalue weighted by Crippen LogP contribution is -2.35. The van der Waals surface area contributed by atoms with Crippen LogP contribution in [-0.4, -0.2) is 29.8 Å². The van der Waals surface area contributed by atoms with Gasteiger partial charge in [0.15, 0.2) is 5.82 Å². The smallest absolute Gasteiger partial charge is 0.151 e. The van der Waals surface area contributed by atoms with E-state index in [0.717, 1.165) is 43.0 Å². The third-order valence-electron chi connectivity index (χ3n) is 4.43. The number of halogens is 2. The number of benzene rings is 1. The van der Waals surface area contributed by atoms with Crippen LogP contribution >= 0.6 is 11.6 Å². The second kappa shape index (κ2) is 7.81. The first-order chi connectivity index (χ1) is 11.7. The van der Waals surface area contributed by atoms with E-state index in [1.807, 2.05) is 12.1 Å². The quantitative estimate of drug-likeness (QED) is 0.864. The number of aliphatic hydroxyl groups is 1. The monoisotopic (exact) mass is 349 g/mol. The molecule has 2 aromatic rings. The Morgan fingerprint density at radius 2 is 2.08 bits per heavy atom. The Morgan fingerprint density at radius 1 is 1.29 bits per heavy atom. The molecule has 2 N–H and O–H groups in total. The van der Waals surface area contributed by atoms with Crippen LogP contribution in [0, 0.1) is 11.7 Å². The van der Waals surface area contributed by atoms with Gasteiger partial charge in [0.05, 0.1) is 10.7 Å². The molecule has 0 spiro atoms. The van der Waals surface area contributed by atoms with E-state index in [0.29, 0.717) is 12.5 Å². The number of piperidine rings is 1. The minimum Gasteiger partial charge on any atom is -0.396 e. The fourth-order valence-corrected chi connectivity index (χ4v) is 3.08. The molecule has 1 aliphatic heterocycles. The predicted molar refractivity (Wildman–Crippen MR) is 95.0 cm³/mol. The number of anilines is 2. The average molecular weight is 350 g/mol. The van der Waals surface area contributed by atoms with Crippen molar-refractivity contribution in [2.75, 3.05) is 29.9 Å². The molecule has 128 valence electrons. The molecule has 2 heterocycles. The normalized spacial score (nSPS) is 15.5. The topological polar surface area (TPSA) is 48.4 Å². The van der Waals surface area contributed by atoms with E-state index in [2.05, 4.69) is 15.2 Å². The number of hydrogen-bond acceptors (Lipinski definition) is 4. The van der Waals surface area contributed by atoms with Crippen molar-refractivity contribution in [3.8, 4) is 0 Å². The minimum atomic E-state index is -0.409. The van der Waals surface area contributed by atoms with Gasteiger partial charge >= 0.3 is 0 Å². The molecule has 1 aromatic heterocycles. The maximum atomic E-state index is 13.5. The zero-order chi connectivity index (χ0) is 16.9. The van der Waals surface area contributed by atoms with Crippen LogP contribution in [0.5, 0.6) is 0 Å². The lowest BCUT2D eigenvalue weighted by Gasteiger charge is -2.33. The SMILES string of the molecule is OCC1CCN(c2ncccc2NCc2ccc(Cl)c(F)c2)CC1. The first-order valence-electron chi connectivity index (χ1n) is 8.16. The molecule has 0 atom stereocenters. The van der Waals surface area contributed by atoms with E-state index in [-0.39, 0.29) is 11.6 Å². The summed E-state index contributed by atoms with van der Waals surface area (Å²) < 4.78 is 13.5. The van der Waals surface area contributed by atoms with E-state index < -0.39 is 5.82 Å². The molecule has 1 aliphatic rings. The molecule has 6 heteroatoms. The molecule has 24 heavy (non-hydrogen) atoms. The van der Waals surface area contributed by atoms with E-state index in [4.69, 9.17) is 11.6 Å². The molecule has 0 bridgehead atoms. The molecule has 0 unspecified atom stereocenters. The Morgan fingerprint density at radius 3 is 2.79 bits per heavy atom. The lowest BCUT2D eigenvalue weighted by atomic mass is 9.98. The number of rotatable bonds is 5. The van der Waals surface area contributed by atoms with Gasteiger partial charge in [-0.15, -0.1) is 0 Å². The van der Waals surface area contributed by atoms with Gasteiger partial charge in [-0.05, 0) is 48.6 Å². The summed E-state index contributed by atoms with van der Waals surface area (Å²) >= 11 is 5.72. The Labute approximate surface area is 146 Å². The first kappa shape index (κ1) is 17.0. The lowest BCUT2D eigenvalue weighted by molar-refractivity contribution is 0.203. The van der Waals surface area contributed by atoms with Crippen LogP contribution in [0.1, 0.15) is 18.4 Å². The molecule has 0 amide bonds. The highest BCUT2D eigenvalue weighted by atomic mass is 35.5. The molecule has 3 rings (SSSR count). The summed E-state index contributed by atoms with van der Waals surface area (Å²) in [6.45, 7) is 2.52. The standard InChI is InChI=1S/C18H21ClFN3O/c19-15-4-3-14(10-16(15)20)11-22-17-2-1-7-21-18(17)23-8-5-13(12-24)6-9-23/h1-4,7,10,13,22,24H,5-6,8-9,11-12H2. The summed E-state index contributed by atoms with van der Waals surface area (Å²) in [5, 5.41) is 12.7. The summed E-state index contributed by atoms with van der Waals surface area (Å²) in [6, 6.07) is 8.68.